The zero-order chi connectivity index (χ0) is 43.3. The minimum atomic E-state index is -1.57. The second-order valence-electron chi connectivity index (χ2n) is 16.5. The topological polar surface area (TPSA) is 142 Å². The molecule has 63 heavy (non-hydrogen) atoms. The van der Waals surface area contributed by atoms with Crippen LogP contribution in [0.3, 0.4) is 0 Å². The SMILES string of the molecule is COc1ccc(C23C(=O)N(Nc4ccc(Cl)cc4Cl)C(=O)C2CC2C(=CCC4C(=O)N(c5ccc(-c6nc7ccccc7o6)cc5)C(=O)C42)C3c2ccc(O)c3ccccc23)cc1. The smallest absolute Gasteiger partial charge is 0.260 e. The van der Waals surface area contributed by atoms with Crippen LogP contribution in [0.4, 0.5) is 11.4 Å². The summed E-state index contributed by atoms with van der Waals surface area (Å²) in [6.45, 7) is 0. The van der Waals surface area contributed by atoms with Crippen molar-refractivity contribution in [3.05, 3.63) is 160 Å². The lowest BCUT2D eigenvalue weighted by atomic mass is 9.49. The van der Waals surface area contributed by atoms with Gasteiger partial charge in [-0.05, 0) is 108 Å². The van der Waals surface area contributed by atoms with Crippen LogP contribution < -0.4 is 15.1 Å². The number of fused-ring (bicyclic) bond motifs is 6. The second kappa shape index (κ2) is 14.6. The van der Waals surface area contributed by atoms with Crippen LogP contribution in [0.15, 0.2) is 143 Å². The van der Waals surface area contributed by atoms with Gasteiger partial charge in [-0.3, -0.25) is 29.5 Å². The predicted octanol–water partition coefficient (Wildman–Crippen LogP) is 9.86. The Labute approximate surface area is 370 Å². The van der Waals surface area contributed by atoms with E-state index in [0.717, 1.165) is 10.6 Å². The van der Waals surface area contributed by atoms with Crippen molar-refractivity contribution < 1.29 is 33.4 Å². The third-order valence-electron chi connectivity index (χ3n) is 13.5. The summed E-state index contributed by atoms with van der Waals surface area (Å²) in [5.41, 5.74) is 6.25. The number of methoxy groups -OCH3 is 1. The molecule has 6 aromatic carbocycles. The first kappa shape index (κ1) is 38.9. The van der Waals surface area contributed by atoms with Crippen LogP contribution in [0.25, 0.3) is 33.3 Å². The Kier molecular flexibility index (Phi) is 9.01. The average Bonchev–Trinajstić information content (AvgIpc) is 3.92. The van der Waals surface area contributed by atoms with Crippen molar-refractivity contribution >= 4 is 80.1 Å². The number of phenols is 1. The molecule has 6 unspecified atom stereocenters. The van der Waals surface area contributed by atoms with Crippen molar-refractivity contribution in [2.24, 2.45) is 23.7 Å². The van der Waals surface area contributed by atoms with Crippen LogP contribution >= 0.6 is 23.2 Å². The molecule has 13 heteroatoms. The lowest BCUT2D eigenvalue weighted by Crippen LogP contribution is -2.53. The predicted molar refractivity (Wildman–Crippen MR) is 238 cm³/mol. The molecule has 0 spiro atoms. The quantitative estimate of drug-likeness (QED) is 0.118. The van der Waals surface area contributed by atoms with Gasteiger partial charge < -0.3 is 14.3 Å². The van der Waals surface area contributed by atoms with Gasteiger partial charge in [0.25, 0.3) is 11.8 Å². The monoisotopic (exact) mass is 874 g/mol. The maximum Gasteiger partial charge on any atom is 0.260 e. The number of nitrogens with zero attached hydrogens (tertiary/aromatic N) is 3. The van der Waals surface area contributed by atoms with Gasteiger partial charge in [0.1, 0.15) is 17.0 Å². The Balaban J connectivity index is 1.06. The van der Waals surface area contributed by atoms with E-state index in [4.69, 9.17) is 32.4 Å². The number of anilines is 2. The van der Waals surface area contributed by atoms with Crippen molar-refractivity contribution in [1.82, 2.24) is 9.99 Å². The molecule has 2 aliphatic heterocycles. The molecule has 4 aliphatic rings. The Morgan fingerprint density at radius 2 is 1.56 bits per heavy atom. The van der Waals surface area contributed by atoms with Crippen LogP contribution in [0.5, 0.6) is 11.5 Å². The summed E-state index contributed by atoms with van der Waals surface area (Å²) < 4.78 is 11.5. The van der Waals surface area contributed by atoms with Crippen molar-refractivity contribution in [2.75, 3.05) is 17.4 Å². The number of phenolic OH excluding ortho intramolecular Hbond substituents is 1. The van der Waals surface area contributed by atoms with E-state index in [-0.39, 0.29) is 35.4 Å². The van der Waals surface area contributed by atoms with E-state index in [0.29, 0.717) is 66.6 Å². The molecule has 3 fully saturated rings. The summed E-state index contributed by atoms with van der Waals surface area (Å²) in [6, 6.07) is 37.1. The van der Waals surface area contributed by atoms with Crippen LogP contribution in [-0.2, 0) is 24.6 Å². The highest BCUT2D eigenvalue weighted by Crippen LogP contribution is 2.65. The third-order valence-corrected chi connectivity index (χ3v) is 14.0. The van der Waals surface area contributed by atoms with E-state index in [1.165, 1.54) is 11.0 Å². The summed E-state index contributed by atoms with van der Waals surface area (Å²) >= 11 is 12.9. The van der Waals surface area contributed by atoms with Crippen molar-refractivity contribution in [1.29, 1.82) is 0 Å². The number of oxazole rings is 1. The van der Waals surface area contributed by atoms with Crippen LogP contribution in [0, 0.1) is 23.7 Å². The molecule has 1 saturated carbocycles. The molecule has 4 amide bonds. The van der Waals surface area contributed by atoms with E-state index < -0.39 is 46.8 Å². The first-order chi connectivity index (χ1) is 30.6. The molecule has 2 N–H and O–H groups in total. The Bertz CT molecular complexity index is 3080. The number of aromatic hydroxyl groups is 1. The highest BCUT2D eigenvalue weighted by molar-refractivity contribution is 6.36. The van der Waals surface area contributed by atoms with Gasteiger partial charge >= 0.3 is 0 Å². The number of imide groups is 2. The van der Waals surface area contributed by atoms with E-state index in [2.05, 4.69) is 10.4 Å². The molecule has 0 bridgehead atoms. The largest absolute Gasteiger partial charge is 0.507 e. The molecule has 0 radical (unpaired) electrons. The van der Waals surface area contributed by atoms with Gasteiger partial charge in [0.15, 0.2) is 5.58 Å². The molecule has 6 atom stereocenters. The number of carbonyl (C=O) groups excluding carboxylic acids is 4. The molecule has 11 nitrogen and oxygen atoms in total. The van der Waals surface area contributed by atoms with Gasteiger partial charge in [0, 0.05) is 21.9 Å². The minimum absolute atomic E-state index is 0.0540. The van der Waals surface area contributed by atoms with Crippen LogP contribution in [0.1, 0.15) is 29.9 Å². The highest BCUT2D eigenvalue weighted by Gasteiger charge is 2.70. The molecule has 7 aromatic rings. The molecular formula is C50H36Cl2N4O7. The average molecular weight is 876 g/mol. The number of hydrogen-bond donors (Lipinski definition) is 2. The van der Waals surface area contributed by atoms with Gasteiger partial charge in [-0.15, -0.1) is 0 Å². The van der Waals surface area contributed by atoms with Crippen molar-refractivity contribution in [3.63, 3.8) is 0 Å². The van der Waals surface area contributed by atoms with E-state index in [1.807, 2.05) is 66.7 Å². The normalized spacial score (nSPS) is 24.1. The third kappa shape index (κ3) is 5.76. The summed E-state index contributed by atoms with van der Waals surface area (Å²) in [4.78, 5) is 66.4. The molecule has 2 aliphatic carbocycles. The molecule has 2 saturated heterocycles. The van der Waals surface area contributed by atoms with Gasteiger partial charge in [0.2, 0.25) is 17.7 Å². The summed E-state index contributed by atoms with van der Waals surface area (Å²) in [7, 11) is 1.55. The maximum absolute atomic E-state index is 15.8. The van der Waals surface area contributed by atoms with Crippen LogP contribution in [-0.4, -0.2) is 45.8 Å². The number of aromatic nitrogens is 1. The molecule has 1 aromatic heterocycles. The number of benzene rings is 6. The summed E-state index contributed by atoms with van der Waals surface area (Å²) in [6.07, 6.45) is 2.33. The standard InChI is InChI=1S/C50H36Cl2N4O7/c1-62-30-17-12-27(13-18-30)50-37(47(59)56(49(50)61)54-39-22-14-28(51)24-38(39)52)25-36-34(44(50)33-21-23-41(57)32-7-3-2-6-31(32)33)19-20-35-43(36)48(60)55(46(35)58)29-15-10-26(11-16-29)45-53-40-8-4-5-9-42(40)63-45/h2-19,21-24,35-37,43-44,54,57H,20,25H2,1H3. The zero-order valence-electron chi connectivity index (χ0n) is 33.5. The van der Waals surface area contributed by atoms with Gasteiger partial charge in [-0.1, -0.05) is 89.4 Å². The number of amides is 4. The van der Waals surface area contributed by atoms with Gasteiger partial charge in [-0.2, -0.15) is 5.01 Å². The number of hydrazine groups is 1. The number of para-hydroxylation sites is 2. The van der Waals surface area contributed by atoms with Gasteiger partial charge in [-0.25, -0.2) is 4.98 Å². The Hall–Kier alpha value is -6.95. The molecular weight excluding hydrogens is 839 g/mol. The second-order valence-corrected chi connectivity index (χ2v) is 17.3. The lowest BCUT2D eigenvalue weighted by molar-refractivity contribution is -0.138. The summed E-state index contributed by atoms with van der Waals surface area (Å²) in [5.74, 6) is -4.73. The van der Waals surface area contributed by atoms with E-state index >= 15 is 14.4 Å². The zero-order valence-corrected chi connectivity index (χ0v) is 35.0. The molecule has 3 heterocycles. The fourth-order valence-electron chi connectivity index (χ4n) is 10.7. The number of rotatable bonds is 7. The minimum Gasteiger partial charge on any atom is -0.507 e. The van der Waals surface area contributed by atoms with Crippen LogP contribution in [0.2, 0.25) is 10.0 Å². The Morgan fingerprint density at radius 1 is 0.810 bits per heavy atom. The number of ether oxygens (including phenoxy) is 1. The van der Waals surface area contributed by atoms with Crippen molar-refractivity contribution in [3.8, 4) is 23.0 Å². The number of carbonyl (C=O) groups is 4. The number of halogens is 2. The van der Waals surface area contributed by atoms with Crippen molar-refractivity contribution in [2.45, 2.75) is 24.2 Å². The molecule has 11 rings (SSSR count). The fraction of sp³-hybridized carbons (Fsp3) is 0.180. The lowest BCUT2D eigenvalue weighted by Gasteiger charge is -2.51. The number of allylic oxidation sites excluding steroid dienone is 2. The molecule has 312 valence electrons. The first-order valence-electron chi connectivity index (χ1n) is 20.6. The number of hydrogen-bond acceptors (Lipinski definition) is 9. The maximum atomic E-state index is 15.8. The fourth-order valence-corrected chi connectivity index (χ4v) is 11.2. The number of nitrogens with one attached hydrogen (secondary N) is 1. The van der Waals surface area contributed by atoms with E-state index in [9.17, 15) is 9.90 Å². The highest BCUT2D eigenvalue weighted by atomic mass is 35.5. The van der Waals surface area contributed by atoms with E-state index in [1.54, 1.807) is 67.8 Å². The van der Waals surface area contributed by atoms with Gasteiger partial charge in [0.05, 0.1) is 46.7 Å². The Morgan fingerprint density at radius 3 is 2.30 bits per heavy atom. The first-order valence-corrected chi connectivity index (χ1v) is 21.3. The summed E-state index contributed by atoms with van der Waals surface area (Å²) in [5, 5.41) is 14.0.